The Hall–Kier alpha value is -0.900. The summed E-state index contributed by atoms with van der Waals surface area (Å²) in [7, 11) is 0. The summed E-state index contributed by atoms with van der Waals surface area (Å²) in [5.41, 5.74) is 1.80. The summed E-state index contributed by atoms with van der Waals surface area (Å²) in [5, 5.41) is 0. The summed E-state index contributed by atoms with van der Waals surface area (Å²) in [4.78, 5) is 11.8. The van der Waals surface area contributed by atoms with Crippen molar-refractivity contribution in [3.05, 3.63) is 22.6 Å². The first-order valence-corrected chi connectivity index (χ1v) is 5.10. The monoisotopic (exact) mass is 239 g/mol. The van der Waals surface area contributed by atoms with E-state index < -0.39 is 0 Å². The van der Waals surface area contributed by atoms with Gasteiger partial charge in [0.05, 0.1) is 5.52 Å². The second-order valence-electron chi connectivity index (χ2n) is 2.94. The van der Waals surface area contributed by atoms with Crippen molar-refractivity contribution < 1.29 is 0 Å². The number of hydrogen-bond acceptors (Lipinski definition) is 2. The number of H-pyrrole nitrogens is 1. The molecule has 0 aliphatic carbocycles. The Kier molecular flexibility index (Phi) is 2.31. The van der Waals surface area contributed by atoms with Gasteiger partial charge < -0.3 is 4.98 Å². The molecule has 0 saturated carbocycles. The van der Waals surface area contributed by atoms with Crippen molar-refractivity contribution in [3.8, 4) is 0 Å². The predicted octanol–water partition coefficient (Wildman–Crippen LogP) is 2.67. The van der Waals surface area contributed by atoms with E-state index in [0.717, 1.165) is 34.4 Å². The molecular formula is C9H10BrN3. The highest BCUT2D eigenvalue weighted by Crippen LogP contribution is 2.13. The molecule has 0 saturated heterocycles. The Bertz CT molecular complexity index is 422. The molecule has 0 atom stereocenters. The molecule has 1 N–H and O–H groups in total. The lowest BCUT2D eigenvalue weighted by Gasteiger charge is -1.87. The molecular weight excluding hydrogens is 230 g/mol. The van der Waals surface area contributed by atoms with Crippen LogP contribution in [0, 0.1) is 0 Å². The number of imidazole rings is 1. The Balaban J connectivity index is 2.49. The number of aryl methyl sites for hydroxylation is 1. The molecule has 2 aromatic heterocycles. The molecule has 0 aliphatic rings. The van der Waals surface area contributed by atoms with E-state index in [4.69, 9.17) is 0 Å². The van der Waals surface area contributed by atoms with Crippen molar-refractivity contribution in [3.63, 3.8) is 0 Å². The van der Waals surface area contributed by atoms with Crippen LogP contribution in [0.25, 0.3) is 11.2 Å². The van der Waals surface area contributed by atoms with Crippen LogP contribution in [0.15, 0.2) is 16.7 Å². The summed E-state index contributed by atoms with van der Waals surface area (Å²) < 4.78 is 0.828. The zero-order chi connectivity index (χ0) is 9.26. The standard InChI is InChI=1S/C9H10BrN3/c1-2-3-8-11-6-4-5-7(10)12-9(6)13-8/h4-5H,2-3H2,1H3,(H,11,12,13). The number of rotatable bonds is 2. The number of aromatic nitrogens is 3. The third kappa shape index (κ3) is 1.72. The highest BCUT2D eigenvalue weighted by molar-refractivity contribution is 9.10. The van der Waals surface area contributed by atoms with E-state index in [2.05, 4.69) is 37.8 Å². The van der Waals surface area contributed by atoms with Crippen LogP contribution < -0.4 is 0 Å². The Labute approximate surface area is 84.7 Å². The Morgan fingerprint density at radius 1 is 1.38 bits per heavy atom. The maximum absolute atomic E-state index is 4.37. The van der Waals surface area contributed by atoms with Gasteiger partial charge in [-0.2, -0.15) is 0 Å². The van der Waals surface area contributed by atoms with Crippen LogP contribution in [-0.4, -0.2) is 15.0 Å². The van der Waals surface area contributed by atoms with Gasteiger partial charge in [0.1, 0.15) is 10.4 Å². The molecule has 13 heavy (non-hydrogen) atoms. The first kappa shape index (κ1) is 8.69. The second kappa shape index (κ2) is 3.46. The number of hydrogen-bond donors (Lipinski definition) is 1. The van der Waals surface area contributed by atoms with Gasteiger partial charge in [0, 0.05) is 6.42 Å². The first-order valence-electron chi connectivity index (χ1n) is 4.30. The maximum Gasteiger partial charge on any atom is 0.178 e. The van der Waals surface area contributed by atoms with Gasteiger partial charge in [-0.15, -0.1) is 0 Å². The zero-order valence-corrected chi connectivity index (χ0v) is 8.93. The minimum atomic E-state index is 0.790. The molecule has 0 amide bonds. The number of halogens is 1. The van der Waals surface area contributed by atoms with Gasteiger partial charge in [-0.3, -0.25) is 0 Å². The molecule has 0 fully saturated rings. The van der Waals surface area contributed by atoms with E-state index in [0.29, 0.717) is 0 Å². The van der Waals surface area contributed by atoms with Crippen molar-refractivity contribution in [2.24, 2.45) is 0 Å². The van der Waals surface area contributed by atoms with Crippen molar-refractivity contribution in [2.45, 2.75) is 19.8 Å². The molecule has 0 bridgehead atoms. The van der Waals surface area contributed by atoms with Gasteiger partial charge in [-0.25, -0.2) is 9.97 Å². The summed E-state index contributed by atoms with van der Waals surface area (Å²) >= 11 is 3.32. The molecule has 4 heteroatoms. The van der Waals surface area contributed by atoms with Crippen molar-refractivity contribution in [2.75, 3.05) is 0 Å². The molecule has 2 heterocycles. The summed E-state index contributed by atoms with van der Waals surface area (Å²) in [6.07, 6.45) is 2.08. The molecule has 3 nitrogen and oxygen atoms in total. The lowest BCUT2D eigenvalue weighted by atomic mass is 10.3. The molecule has 0 radical (unpaired) electrons. The Morgan fingerprint density at radius 2 is 2.23 bits per heavy atom. The van der Waals surface area contributed by atoms with Crippen LogP contribution in [0.2, 0.25) is 0 Å². The zero-order valence-electron chi connectivity index (χ0n) is 7.34. The summed E-state index contributed by atoms with van der Waals surface area (Å²) in [6.45, 7) is 2.14. The topological polar surface area (TPSA) is 41.6 Å². The SMILES string of the molecule is CCCc1nc2nc(Br)ccc2[nH]1. The largest absolute Gasteiger partial charge is 0.341 e. The van der Waals surface area contributed by atoms with Gasteiger partial charge in [0.2, 0.25) is 0 Å². The molecule has 0 spiro atoms. The lowest BCUT2D eigenvalue weighted by molar-refractivity contribution is 0.860. The predicted molar refractivity (Wildman–Crippen MR) is 55.6 cm³/mol. The van der Waals surface area contributed by atoms with Crippen molar-refractivity contribution in [1.29, 1.82) is 0 Å². The van der Waals surface area contributed by atoms with Gasteiger partial charge in [-0.05, 0) is 34.5 Å². The fourth-order valence-electron chi connectivity index (χ4n) is 1.27. The average Bonchev–Trinajstić information content (AvgIpc) is 2.46. The lowest BCUT2D eigenvalue weighted by Crippen LogP contribution is -1.84. The maximum atomic E-state index is 4.37. The fourth-order valence-corrected chi connectivity index (χ4v) is 1.57. The second-order valence-corrected chi connectivity index (χ2v) is 3.75. The molecule has 2 aromatic rings. The Morgan fingerprint density at radius 3 is 3.00 bits per heavy atom. The van der Waals surface area contributed by atoms with Crippen molar-refractivity contribution in [1.82, 2.24) is 15.0 Å². The third-order valence-corrected chi connectivity index (χ3v) is 2.29. The first-order chi connectivity index (χ1) is 6.29. The number of aromatic amines is 1. The highest BCUT2D eigenvalue weighted by atomic mass is 79.9. The van der Waals surface area contributed by atoms with Crippen molar-refractivity contribution >= 4 is 27.1 Å². The van der Waals surface area contributed by atoms with E-state index in [1.165, 1.54) is 0 Å². The van der Waals surface area contributed by atoms with Crippen LogP contribution in [-0.2, 0) is 6.42 Å². The van der Waals surface area contributed by atoms with Crippen LogP contribution in [0.3, 0.4) is 0 Å². The number of pyridine rings is 1. The van der Waals surface area contributed by atoms with Gasteiger partial charge in [0.15, 0.2) is 5.65 Å². The molecule has 0 unspecified atom stereocenters. The minimum absolute atomic E-state index is 0.790. The highest BCUT2D eigenvalue weighted by Gasteiger charge is 2.02. The molecule has 2 rings (SSSR count). The number of nitrogens with zero attached hydrogens (tertiary/aromatic N) is 2. The quantitative estimate of drug-likeness (QED) is 0.820. The van der Waals surface area contributed by atoms with Crippen LogP contribution in [0.1, 0.15) is 19.2 Å². The minimum Gasteiger partial charge on any atom is -0.341 e. The van der Waals surface area contributed by atoms with Crippen LogP contribution >= 0.6 is 15.9 Å². The fraction of sp³-hybridized carbons (Fsp3) is 0.333. The van der Waals surface area contributed by atoms with Gasteiger partial charge in [0.25, 0.3) is 0 Å². The normalized spacial score (nSPS) is 10.9. The molecule has 68 valence electrons. The smallest absolute Gasteiger partial charge is 0.178 e. The van der Waals surface area contributed by atoms with E-state index in [1.54, 1.807) is 0 Å². The summed E-state index contributed by atoms with van der Waals surface area (Å²) in [6, 6.07) is 3.90. The van der Waals surface area contributed by atoms with Gasteiger partial charge in [-0.1, -0.05) is 6.92 Å². The third-order valence-electron chi connectivity index (χ3n) is 1.85. The number of fused-ring (bicyclic) bond motifs is 1. The summed E-state index contributed by atoms with van der Waals surface area (Å²) in [5.74, 6) is 1.02. The van der Waals surface area contributed by atoms with Crippen LogP contribution in [0.5, 0.6) is 0 Å². The van der Waals surface area contributed by atoms with E-state index in [9.17, 15) is 0 Å². The van der Waals surface area contributed by atoms with Crippen LogP contribution in [0.4, 0.5) is 0 Å². The number of nitrogens with one attached hydrogen (secondary N) is 1. The van der Waals surface area contributed by atoms with E-state index >= 15 is 0 Å². The van der Waals surface area contributed by atoms with E-state index in [-0.39, 0.29) is 0 Å². The van der Waals surface area contributed by atoms with E-state index in [1.807, 2.05) is 12.1 Å². The molecule has 0 aromatic carbocycles. The molecule has 0 aliphatic heterocycles. The van der Waals surface area contributed by atoms with Gasteiger partial charge >= 0.3 is 0 Å². The average molecular weight is 240 g/mol.